The second-order valence-electron chi connectivity index (χ2n) is 5.06. The average molecular weight is 348 g/mol. The number of hydrogen-bond donors (Lipinski definition) is 1. The van der Waals surface area contributed by atoms with Gasteiger partial charge in [-0.2, -0.15) is 5.10 Å². The maximum absolute atomic E-state index is 12.1. The summed E-state index contributed by atoms with van der Waals surface area (Å²) in [6.45, 7) is -0.0826. The summed E-state index contributed by atoms with van der Waals surface area (Å²) in [4.78, 5) is 23.8. The molecule has 0 atom stereocenters. The highest BCUT2D eigenvalue weighted by molar-refractivity contribution is 9.10. The highest BCUT2D eigenvalue weighted by atomic mass is 79.9. The van der Waals surface area contributed by atoms with Crippen molar-refractivity contribution in [3.63, 3.8) is 0 Å². The van der Waals surface area contributed by atoms with Crippen LogP contribution < -0.4 is 10.9 Å². The highest BCUT2D eigenvalue weighted by Crippen LogP contribution is 2.38. The number of carbonyl (C=O) groups is 1. The minimum atomic E-state index is -0.274. The van der Waals surface area contributed by atoms with E-state index in [1.807, 2.05) is 18.2 Å². The molecular formula is C15H14BrN3O2. The number of rotatable bonds is 4. The van der Waals surface area contributed by atoms with Gasteiger partial charge in [-0.25, -0.2) is 4.68 Å². The van der Waals surface area contributed by atoms with Crippen molar-refractivity contribution >= 4 is 27.5 Å². The Bertz CT molecular complexity index is 738. The Kier molecular flexibility index (Phi) is 3.88. The van der Waals surface area contributed by atoms with Crippen molar-refractivity contribution in [3.8, 4) is 0 Å². The second kappa shape index (κ2) is 5.81. The van der Waals surface area contributed by atoms with Crippen molar-refractivity contribution in [2.45, 2.75) is 25.3 Å². The predicted molar refractivity (Wildman–Crippen MR) is 83.2 cm³/mol. The predicted octanol–water partition coefficient (Wildman–Crippen LogP) is 2.52. The van der Waals surface area contributed by atoms with Crippen LogP contribution in [0.3, 0.4) is 0 Å². The van der Waals surface area contributed by atoms with Gasteiger partial charge in [0.1, 0.15) is 6.54 Å². The molecule has 108 valence electrons. The van der Waals surface area contributed by atoms with Gasteiger partial charge < -0.3 is 5.32 Å². The number of nitrogens with zero attached hydrogens (tertiary/aromatic N) is 2. The first-order chi connectivity index (χ1) is 10.1. The molecule has 1 heterocycles. The third kappa shape index (κ3) is 3.39. The Hall–Kier alpha value is -1.95. The van der Waals surface area contributed by atoms with Crippen LogP contribution in [-0.2, 0) is 11.3 Å². The zero-order valence-electron chi connectivity index (χ0n) is 11.3. The van der Waals surface area contributed by atoms with Crippen molar-refractivity contribution in [3.05, 3.63) is 56.9 Å². The molecule has 1 aliphatic carbocycles. The molecule has 1 aromatic heterocycles. The van der Waals surface area contributed by atoms with Gasteiger partial charge in [0.15, 0.2) is 0 Å². The summed E-state index contributed by atoms with van der Waals surface area (Å²) in [6, 6.07) is 10.6. The van der Waals surface area contributed by atoms with Crippen molar-refractivity contribution in [1.82, 2.24) is 9.78 Å². The first-order valence-corrected chi connectivity index (χ1v) is 7.55. The van der Waals surface area contributed by atoms with E-state index in [9.17, 15) is 9.59 Å². The van der Waals surface area contributed by atoms with Gasteiger partial charge in [0.2, 0.25) is 5.91 Å². The fraction of sp³-hybridized carbons (Fsp3) is 0.267. The van der Waals surface area contributed by atoms with Crippen LogP contribution in [0.1, 0.15) is 24.5 Å². The number of carbonyl (C=O) groups excluding carboxylic acids is 1. The number of anilines is 1. The molecule has 21 heavy (non-hydrogen) atoms. The average Bonchev–Trinajstić information content (AvgIpc) is 3.28. The Labute approximate surface area is 130 Å². The van der Waals surface area contributed by atoms with Gasteiger partial charge in [0.25, 0.3) is 5.56 Å². The number of hydrogen-bond acceptors (Lipinski definition) is 3. The summed E-state index contributed by atoms with van der Waals surface area (Å²) in [5.74, 6) is 0.174. The lowest BCUT2D eigenvalue weighted by Crippen LogP contribution is -2.29. The van der Waals surface area contributed by atoms with Gasteiger partial charge in [0.05, 0.1) is 11.4 Å². The van der Waals surface area contributed by atoms with E-state index in [2.05, 4.69) is 26.3 Å². The largest absolute Gasteiger partial charge is 0.323 e. The van der Waals surface area contributed by atoms with E-state index >= 15 is 0 Å². The number of aromatic nitrogens is 2. The Morgan fingerprint density at radius 2 is 2.05 bits per heavy atom. The van der Waals surface area contributed by atoms with E-state index in [0.717, 1.165) is 23.0 Å². The van der Waals surface area contributed by atoms with E-state index in [1.165, 1.54) is 10.7 Å². The molecule has 0 unspecified atom stereocenters. The molecule has 0 saturated heterocycles. The van der Waals surface area contributed by atoms with Crippen LogP contribution in [0.25, 0.3) is 0 Å². The molecule has 1 aromatic carbocycles. The van der Waals surface area contributed by atoms with Crippen LogP contribution in [-0.4, -0.2) is 15.7 Å². The van der Waals surface area contributed by atoms with Gasteiger partial charge in [-0.3, -0.25) is 9.59 Å². The van der Waals surface area contributed by atoms with E-state index in [0.29, 0.717) is 11.6 Å². The first-order valence-electron chi connectivity index (χ1n) is 6.76. The number of para-hydroxylation sites is 1. The molecule has 1 N–H and O–H groups in total. The Morgan fingerprint density at radius 3 is 2.76 bits per heavy atom. The summed E-state index contributed by atoms with van der Waals surface area (Å²) in [5.41, 5.74) is 1.30. The van der Waals surface area contributed by atoms with Crippen LogP contribution >= 0.6 is 15.9 Å². The standard InChI is InChI=1S/C15H14BrN3O2/c16-11-3-1-2-4-13(11)17-14(20)9-19-15(21)8-7-12(18-19)10-5-6-10/h1-4,7-8,10H,5-6,9H2,(H,17,20). The van der Waals surface area contributed by atoms with E-state index in [4.69, 9.17) is 0 Å². The normalized spacial score (nSPS) is 14.0. The molecule has 1 fully saturated rings. The third-order valence-corrected chi connectivity index (χ3v) is 4.02. The summed E-state index contributed by atoms with van der Waals surface area (Å²) >= 11 is 3.36. The Balaban J connectivity index is 1.74. The van der Waals surface area contributed by atoms with Crippen molar-refractivity contribution in [1.29, 1.82) is 0 Å². The van der Waals surface area contributed by atoms with Crippen LogP contribution in [0.2, 0.25) is 0 Å². The molecule has 6 heteroatoms. The van der Waals surface area contributed by atoms with E-state index < -0.39 is 0 Å². The van der Waals surface area contributed by atoms with Crippen LogP contribution in [0.5, 0.6) is 0 Å². The van der Waals surface area contributed by atoms with E-state index in [1.54, 1.807) is 12.1 Å². The second-order valence-corrected chi connectivity index (χ2v) is 5.91. The topological polar surface area (TPSA) is 64.0 Å². The number of amides is 1. The number of halogens is 1. The summed E-state index contributed by atoms with van der Waals surface area (Å²) in [7, 11) is 0. The number of benzene rings is 1. The summed E-state index contributed by atoms with van der Waals surface area (Å²) in [6.07, 6.45) is 2.21. The quantitative estimate of drug-likeness (QED) is 0.924. The third-order valence-electron chi connectivity index (χ3n) is 3.32. The molecule has 1 aliphatic rings. The number of nitrogens with one attached hydrogen (secondary N) is 1. The van der Waals surface area contributed by atoms with E-state index in [-0.39, 0.29) is 18.0 Å². The van der Waals surface area contributed by atoms with Gasteiger partial charge >= 0.3 is 0 Å². The molecule has 0 spiro atoms. The fourth-order valence-electron chi connectivity index (χ4n) is 2.06. The van der Waals surface area contributed by atoms with Gasteiger partial charge in [-0.05, 0) is 47.0 Å². The minimum absolute atomic E-state index is 0.0826. The SMILES string of the molecule is O=C(Cn1nc(C2CC2)ccc1=O)Nc1ccccc1Br. The monoisotopic (exact) mass is 347 g/mol. The van der Waals surface area contributed by atoms with Crippen LogP contribution in [0, 0.1) is 0 Å². The summed E-state index contributed by atoms with van der Waals surface area (Å²) < 4.78 is 2.02. The molecule has 5 nitrogen and oxygen atoms in total. The van der Waals surface area contributed by atoms with Gasteiger partial charge in [0, 0.05) is 16.5 Å². The minimum Gasteiger partial charge on any atom is -0.323 e. The molecule has 0 radical (unpaired) electrons. The van der Waals surface area contributed by atoms with Crippen molar-refractivity contribution in [2.24, 2.45) is 0 Å². The molecule has 1 amide bonds. The van der Waals surface area contributed by atoms with Crippen LogP contribution in [0.4, 0.5) is 5.69 Å². The molecule has 3 rings (SSSR count). The zero-order valence-corrected chi connectivity index (χ0v) is 12.8. The fourth-order valence-corrected chi connectivity index (χ4v) is 2.45. The molecule has 2 aromatic rings. The molecule has 0 bridgehead atoms. The molecule has 0 aliphatic heterocycles. The maximum Gasteiger partial charge on any atom is 0.267 e. The van der Waals surface area contributed by atoms with Crippen molar-refractivity contribution in [2.75, 3.05) is 5.32 Å². The lowest BCUT2D eigenvalue weighted by molar-refractivity contribution is -0.117. The van der Waals surface area contributed by atoms with Crippen LogP contribution in [0.15, 0.2) is 45.7 Å². The Morgan fingerprint density at radius 1 is 1.29 bits per heavy atom. The first kappa shape index (κ1) is 14.0. The molecular weight excluding hydrogens is 334 g/mol. The van der Waals surface area contributed by atoms with Crippen molar-refractivity contribution < 1.29 is 4.79 Å². The molecule has 1 saturated carbocycles. The lowest BCUT2D eigenvalue weighted by atomic mass is 10.3. The van der Waals surface area contributed by atoms with Gasteiger partial charge in [-0.1, -0.05) is 12.1 Å². The maximum atomic E-state index is 12.1. The highest BCUT2D eigenvalue weighted by Gasteiger charge is 2.25. The smallest absolute Gasteiger partial charge is 0.267 e. The zero-order chi connectivity index (χ0) is 14.8. The summed E-state index contributed by atoms with van der Waals surface area (Å²) in [5, 5.41) is 7.03. The lowest BCUT2D eigenvalue weighted by Gasteiger charge is -2.09. The van der Waals surface area contributed by atoms with Gasteiger partial charge in [-0.15, -0.1) is 0 Å².